The van der Waals surface area contributed by atoms with Crippen LogP contribution in [0, 0.1) is 5.82 Å². The minimum Gasteiger partial charge on any atom is -0.444 e. The first-order chi connectivity index (χ1) is 15.7. The van der Waals surface area contributed by atoms with Crippen LogP contribution in [0.15, 0.2) is 54.9 Å². The number of piperazine rings is 1. The van der Waals surface area contributed by atoms with Gasteiger partial charge in [0, 0.05) is 49.0 Å². The van der Waals surface area contributed by atoms with Crippen molar-refractivity contribution in [3.05, 3.63) is 65.6 Å². The Morgan fingerprint density at radius 3 is 2.15 bits per heavy atom. The number of amides is 2. The molecular formula is C25H26FN3O3S. The molecule has 0 spiro atoms. The van der Waals surface area contributed by atoms with E-state index in [2.05, 4.69) is 4.98 Å². The molecule has 0 saturated carbocycles. The number of carbonyl (C=O) groups excluding carboxylic acids is 2. The van der Waals surface area contributed by atoms with E-state index in [1.54, 1.807) is 34.3 Å². The molecule has 2 amide bonds. The second-order valence-electron chi connectivity index (χ2n) is 8.86. The van der Waals surface area contributed by atoms with Crippen molar-refractivity contribution >= 4 is 23.3 Å². The number of aromatic nitrogens is 1. The Kier molecular flexibility index (Phi) is 6.47. The lowest BCUT2D eigenvalue weighted by atomic mass is 10.0. The summed E-state index contributed by atoms with van der Waals surface area (Å²) >= 11 is 1.39. The largest absolute Gasteiger partial charge is 0.444 e. The number of benzene rings is 1. The van der Waals surface area contributed by atoms with E-state index >= 15 is 0 Å². The highest BCUT2D eigenvalue weighted by molar-refractivity contribution is 7.18. The number of hydrogen-bond donors (Lipinski definition) is 0. The SMILES string of the molecule is CC(C)(C)OC(=O)N1CCN(C(=O)c2cc(-c3ccncc3)c(-c3ccc(F)cc3)s2)CC1. The summed E-state index contributed by atoms with van der Waals surface area (Å²) in [4.78, 5) is 34.6. The molecule has 2 aromatic heterocycles. The Bertz CT molecular complexity index is 1130. The first-order valence-corrected chi connectivity index (χ1v) is 11.6. The summed E-state index contributed by atoms with van der Waals surface area (Å²) in [5.74, 6) is -0.382. The number of thiophene rings is 1. The van der Waals surface area contributed by atoms with Crippen molar-refractivity contribution in [2.75, 3.05) is 26.2 Å². The van der Waals surface area contributed by atoms with Gasteiger partial charge in [0.1, 0.15) is 11.4 Å². The molecule has 3 aromatic rings. The highest BCUT2D eigenvalue weighted by Crippen LogP contribution is 2.39. The Morgan fingerprint density at radius 2 is 1.55 bits per heavy atom. The monoisotopic (exact) mass is 467 g/mol. The Hall–Kier alpha value is -3.26. The summed E-state index contributed by atoms with van der Waals surface area (Å²) in [5.41, 5.74) is 2.14. The lowest BCUT2D eigenvalue weighted by Crippen LogP contribution is -2.51. The zero-order valence-corrected chi connectivity index (χ0v) is 19.7. The third kappa shape index (κ3) is 5.39. The van der Waals surface area contributed by atoms with E-state index in [1.807, 2.05) is 39.0 Å². The molecule has 0 N–H and O–H groups in total. The second-order valence-corrected chi connectivity index (χ2v) is 9.91. The van der Waals surface area contributed by atoms with Gasteiger partial charge in [0.2, 0.25) is 0 Å². The van der Waals surface area contributed by atoms with Crippen LogP contribution in [-0.4, -0.2) is 58.6 Å². The molecule has 0 atom stereocenters. The summed E-state index contributed by atoms with van der Waals surface area (Å²) in [7, 11) is 0. The van der Waals surface area contributed by atoms with Gasteiger partial charge < -0.3 is 14.5 Å². The maximum atomic E-state index is 13.5. The summed E-state index contributed by atoms with van der Waals surface area (Å²) in [6, 6.07) is 12.0. The average molecular weight is 468 g/mol. The van der Waals surface area contributed by atoms with E-state index < -0.39 is 5.60 Å². The fourth-order valence-electron chi connectivity index (χ4n) is 3.63. The minimum absolute atomic E-state index is 0.0764. The molecule has 0 bridgehead atoms. The minimum atomic E-state index is -0.554. The highest BCUT2D eigenvalue weighted by atomic mass is 32.1. The van der Waals surface area contributed by atoms with Crippen LogP contribution in [0.1, 0.15) is 30.4 Å². The Morgan fingerprint density at radius 1 is 0.939 bits per heavy atom. The van der Waals surface area contributed by atoms with Gasteiger partial charge in [0.15, 0.2) is 0 Å². The van der Waals surface area contributed by atoms with E-state index in [9.17, 15) is 14.0 Å². The van der Waals surface area contributed by atoms with Crippen molar-refractivity contribution < 1.29 is 18.7 Å². The molecule has 33 heavy (non-hydrogen) atoms. The zero-order valence-electron chi connectivity index (χ0n) is 18.9. The molecule has 172 valence electrons. The molecule has 3 heterocycles. The van der Waals surface area contributed by atoms with Crippen molar-refractivity contribution in [1.29, 1.82) is 0 Å². The van der Waals surface area contributed by atoms with Gasteiger partial charge in [-0.3, -0.25) is 9.78 Å². The highest BCUT2D eigenvalue weighted by Gasteiger charge is 2.29. The zero-order chi connectivity index (χ0) is 23.6. The number of nitrogens with zero attached hydrogens (tertiary/aromatic N) is 3. The molecule has 1 aliphatic rings. The number of rotatable bonds is 3. The number of halogens is 1. The fraction of sp³-hybridized carbons (Fsp3) is 0.320. The lowest BCUT2D eigenvalue weighted by molar-refractivity contribution is 0.0141. The molecule has 1 saturated heterocycles. The van der Waals surface area contributed by atoms with Crippen LogP contribution in [0.25, 0.3) is 21.6 Å². The number of carbonyl (C=O) groups is 2. The first kappa shape index (κ1) is 22.9. The van der Waals surface area contributed by atoms with E-state index in [0.29, 0.717) is 31.1 Å². The normalized spacial score (nSPS) is 14.3. The third-order valence-corrected chi connectivity index (χ3v) is 6.43. The summed E-state index contributed by atoms with van der Waals surface area (Å²) < 4.78 is 18.9. The Balaban J connectivity index is 1.55. The summed E-state index contributed by atoms with van der Waals surface area (Å²) in [5, 5.41) is 0. The van der Waals surface area contributed by atoms with E-state index in [1.165, 1.54) is 23.5 Å². The van der Waals surface area contributed by atoms with Crippen LogP contribution in [0.4, 0.5) is 9.18 Å². The number of pyridine rings is 1. The van der Waals surface area contributed by atoms with Crippen molar-refractivity contribution in [3.8, 4) is 21.6 Å². The maximum absolute atomic E-state index is 13.5. The van der Waals surface area contributed by atoms with Gasteiger partial charge in [0.25, 0.3) is 5.91 Å². The summed E-state index contributed by atoms with van der Waals surface area (Å²) in [6.07, 6.45) is 3.06. The molecule has 4 rings (SSSR count). The van der Waals surface area contributed by atoms with Crippen LogP contribution >= 0.6 is 11.3 Å². The molecule has 1 fully saturated rings. The van der Waals surface area contributed by atoms with E-state index in [-0.39, 0.29) is 17.8 Å². The van der Waals surface area contributed by atoms with Crippen molar-refractivity contribution in [2.24, 2.45) is 0 Å². The van der Waals surface area contributed by atoms with Crippen LogP contribution < -0.4 is 0 Å². The predicted molar refractivity (Wildman–Crippen MR) is 127 cm³/mol. The topological polar surface area (TPSA) is 62.7 Å². The second kappa shape index (κ2) is 9.31. The molecule has 1 aromatic carbocycles. The standard InChI is InChI=1S/C25H26FN3O3S/c1-25(2,3)32-24(31)29-14-12-28(13-15-29)23(30)21-16-20(17-8-10-27-11-9-17)22(33-21)18-4-6-19(26)7-5-18/h4-11,16H,12-15H2,1-3H3. The van der Waals surface area contributed by atoms with E-state index in [0.717, 1.165) is 21.6 Å². The van der Waals surface area contributed by atoms with Gasteiger partial charge in [0.05, 0.1) is 4.88 Å². The first-order valence-electron chi connectivity index (χ1n) is 10.8. The van der Waals surface area contributed by atoms with E-state index in [4.69, 9.17) is 4.74 Å². The molecular weight excluding hydrogens is 441 g/mol. The quantitative estimate of drug-likeness (QED) is 0.524. The van der Waals surface area contributed by atoms with Gasteiger partial charge in [-0.15, -0.1) is 11.3 Å². The lowest BCUT2D eigenvalue weighted by Gasteiger charge is -2.35. The number of hydrogen-bond acceptors (Lipinski definition) is 5. The van der Waals surface area contributed by atoms with Crippen LogP contribution in [0.3, 0.4) is 0 Å². The number of ether oxygens (including phenoxy) is 1. The van der Waals surface area contributed by atoms with Gasteiger partial charge in [-0.25, -0.2) is 9.18 Å². The summed E-state index contributed by atoms with van der Waals surface area (Å²) in [6.45, 7) is 7.22. The predicted octanol–water partition coefficient (Wildman–Crippen LogP) is 5.31. The smallest absolute Gasteiger partial charge is 0.410 e. The van der Waals surface area contributed by atoms with Crippen molar-refractivity contribution in [3.63, 3.8) is 0 Å². The van der Waals surface area contributed by atoms with Gasteiger partial charge in [-0.05, 0) is 62.2 Å². The third-order valence-electron chi connectivity index (χ3n) is 5.26. The molecule has 0 radical (unpaired) electrons. The van der Waals surface area contributed by atoms with Gasteiger partial charge in [-0.2, -0.15) is 0 Å². The van der Waals surface area contributed by atoms with Gasteiger partial charge in [-0.1, -0.05) is 12.1 Å². The van der Waals surface area contributed by atoms with Crippen molar-refractivity contribution in [2.45, 2.75) is 26.4 Å². The van der Waals surface area contributed by atoms with Gasteiger partial charge >= 0.3 is 6.09 Å². The molecule has 0 aliphatic carbocycles. The van der Waals surface area contributed by atoms with Crippen LogP contribution in [0.2, 0.25) is 0 Å². The maximum Gasteiger partial charge on any atom is 0.410 e. The Labute approximate surface area is 196 Å². The molecule has 1 aliphatic heterocycles. The molecule has 6 nitrogen and oxygen atoms in total. The van der Waals surface area contributed by atoms with Crippen molar-refractivity contribution in [1.82, 2.24) is 14.8 Å². The molecule has 8 heteroatoms. The van der Waals surface area contributed by atoms with Crippen LogP contribution in [-0.2, 0) is 4.74 Å². The average Bonchev–Trinajstić information content (AvgIpc) is 3.24. The molecule has 0 unspecified atom stereocenters. The fourth-order valence-corrected chi connectivity index (χ4v) is 4.79. The van der Waals surface area contributed by atoms with Crippen LogP contribution in [0.5, 0.6) is 0 Å².